The lowest BCUT2D eigenvalue weighted by Gasteiger charge is -2.06. The number of thiophene rings is 1. The fourth-order valence-electron chi connectivity index (χ4n) is 2.48. The van der Waals surface area contributed by atoms with Crippen LogP contribution in [0.2, 0.25) is 0 Å². The number of aromatic nitrogens is 1. The van der Waals surface area contributed by atoms with Crippen LogP contribution in [0.1, 0.15) is 15.2 Å². The zero-order chi connectivity index (χ0) is 17.4. The Morgan fingerprint density at radius 3 is 2.72 bits per heavy atom. The van der Waals surface area contributed by atoms with Gasteiger partial charge in [0, 0.05) is 0 Å². The lowest BCUT2D eigenvalue weighted by molar-refractivity contribution is 0.103. The molecule has 0 unspecified atom stereocenters. The molecule has 4 aromatic rings. The van der Waals surface area contributed by atoms with Crippen molar-refractivity contribution in [2.24, 2.45) is 0 Å². The number of rotatable bonds is 3. The van der Waals surface area contributed by atoms with E-state index >= 15 is 0 Å². The summed E-state index contributed by atoms with van der Waals surface area (Å²) in [7, 11) is 0. The SMILES string of the molecule is Cc1ccc(NC(=O)c2ccc(-c3nc4ccccc4s3)s2)c(O)c1. The number of phenolic OH excluding ortho intramolecular Hbond substituents is 1. The summed E-state index contributed by atoms with van der Waals surface area (Å²) in [5.41, 5.74) is 2.31. The van der Waals surface area contributed by atoms with Gasteiger partial charge in [0.15, 0.2) is 0 Å². The number of nitrogens with one attached hydrogen (secondary N) is 1. The van der Waals surface area contributed by atoms with E-state index in [0.717, 1.165) is 25.7 Å². The largest absolute Gasteiger partial charge is 0.506 e. The van der Waals surface area contributed by atoms with E-state index in [1.807, 2.05) is 43.3 Å². The summed E-state index contributed by atoms with van der Waals surface area (Å²) >= 11 is 3.00. The van der Waals surface area contributed by atoms with Crippen LogP contribution in [0.3, 0.4) is 0 Å². The van der Waals surface area contributed by atoms with E-state index in [4.69, 9.17) is 0 Å². The van der Waals surface area contributed by atoms with Crippen LogP contribution in [0.5, 0.6) is 5.75 Å². The fraction of sp³-hybridized carbons (Fsp3) is 0.0526. The van der Waals surface area contributed by atoms with Crippen LogP contribution in [0, 0.1) is 6.92 Å². The molecule has 124 valence electrons. The minimum atomic E-state index is -0.239. The van der Waals surface area contributed by atoms with E-state index in [-0.39, 0.29) is 11.7 Å². The van der Waals surface area contributed by atoms with E-state index in [1.165, 1.54) is 11.3 Å². The minimum absolute atomic E-state index is 0.0660. The van der Waals surface area contributed by atoms with Gasteiger partial charge in [-0.3, -0.25) is 4.79 Å². The average molecular weight is 366 g/mol. The summed E-state index contributed by atoms with van der Waals surface area (Å²) < 4.78 is 1.13. The van der Waals surface area contributed by atoms with Gasteiger partial charge in [0.2, 0.25) is 0 Å². The summed E-state index contributed by atoms with van der Waals surface area (Å²) in [6.07, 6.45) is 0. The van der Waals surface area contributed by atoms with Crippen LogP contribution in [0.15, 0.2) is 54.6 Å². The highest BCUT2D eigenvalue weighted by Gasteiger charge is 2.14. The summed E-state index contributed by atoms with van der Waals surface area (Å²) in [6.45, 7) is 1.88. The van der Waals surface area contributed by atoms with Crippen molar-refractivity contribution in [1.29, 1.82) is 0 Å². The first-order valence-corrected chi connectivity index (χ1v) is 9.30. The van der Waals surface area contributed by atoms with Crippen molar-refractivity contribution in [2.45, 2.75) is 6.92 Å². The highest BCUT2D eigenvalue weighted by Crippen LogP contribution is 2.35. The quantitative estimate of drug-likeness (QED) is 0.484. The molecule has 0 aliphatic rings. The topological polar surface area (TPSA) is 62.2 Å². The Labute approximate surface area is 152 Å². The maximum atomic E-state index is 12.4. The molecule has 0 saturated carbocycles. The standard InChI is InChI=1S/C19H14N2O2S2/c1-11-6-7-12(14(22)10-11)20-18(23)16-8-9-17(24-16)19-21-13-4-2-3-5-15(13)25-19/h2-10,22H,1H3,(H,20,23). The molecule has 0 radical (unpaired) electrons. The van der Waals surface area contributed by atoms with E-state index in [2.05, 4.69) is 10.3 Å². The van der Waals surface area contributed by atoms with Gasteiger partial charge in [-0.1, -0.05) is 18.2 Å². The van der Waals surface area contributed by atoms with Gasteiger partial charge in [-0.25, -0.2) is 4.98 Å². The summed E-state index contributed by atoms with van der Waals surface area (Å²) in [5, 5.41) is 13.6. The van der Waals surface area contributed by atoms with E-state index in [9.17, 15) is 9.90 Å². The molecule has 0 spiro atoms. The van der Waals surface area contributed by atoms with Crippen molar-refractivity contribution in [3.63, 3.8) is 0 Å². The van der Waals surface area contributed by atoms with Crippen LogP contribution in [-0.4, -0.2) is 16.0 Å². The predicted octanol–water partition coefficient (Wildman–Crippen LogP) is 5.29. The second-order valence-corrected chi connectivity index (χ2v) is 7.74. The smallest absolute Gasteiger partial charge is 0.265 e. The third kappa shape index (κ3) is 3.14. The van der Waals surface area contributed by atoms with Crippen molar-refractivity contribution in [3.8, 4) is 15.6 Å². The van der Waals surface area contributed by atoms with Crippen LogP contribution in [0.25, 0.3) is 20.1 Å². The fourth-order valence-corrected chi connectivity index (χ4v) is 4.41. The Kier molecular flexibility index (Phi) is 3.99. The second-order valence-electron chi connectivity index (χ2n) is 5.63. The molecule has 0 aliphatic carbocycles. The number of anilines is 1. The van der Waals surface area contributed by atoms with Crippen LogP contribution >= 0.6 is 22.7 Å². The van der Waals surface area contributed by atoms with Gasteiger partial charge in [0.05, 0.1) is 25.7 Å². The Morgan fingerprint density at radius 1 is 1.08 bits per heavy atom. The molecular weight excluding hydrogens is 352 g/mol. The van der Waals surface area contributed by atoms with Gasteiger partial charge in [-0.2, -0.15) is 0 Å². The van der Waals surface area contributed by atoms with Crippen LogP contribution in [-0.2, 0) is 0 Å². The number of para-hydroxylation sites is 1. The molecule has 25 heavy (non-hydrogen) atoms. The Balaban J connectivity index is 1.58. The molecule has 4 rings (SSSR count). The van der Waals surface area contributed by atoms with Gasteiger partial charge in [-0.05, 0) is 48.9 Å². The number of aromatic hydroxyl groups is 1. The molecule has 1 amide bonds. The number of hydrogen-bond acceptors (Lipinski definition) is 5. The zero-order valence-corrected chi connectivity index (χ0v) is 14.9. The van der Waals surface area contributed by atoms with Crippen molar-refractivity contribution >= 4 is 44.5 Å². The molecular formula is C19H14N2O2S2. The number of aryl methyl sites for hydroxylation is 1. The third-order valence-electron chi connectivity index (χ3n) is 3.74. The lowest BCUT2D eigenvalue weighted by Crippen LogP contribution is -2.10. The molecule has 6 heteroatoms. The summed E-state index contributed by atoms with van der Waals surface area (Å²) in [6, 6.07) is 16.8. The number of carbonyl (C=O) groups is 1. The molecule has 0 atom stereocenters. The summed E-state index contributed by atoms with van der Waals surface area (Å²) in [4.78, 5) is 18.6. The maximum Gasteiger partial charge on any atom is 0.265 e. The molecule has 2 heterocycles. The van der Waals surface area contributed by atoms with Crippen molar-refractivity contribution in [3.05, 3.63) is 65.0 Å². The van der Waals surface area contributed by atoms with Gasteiger partial charge in [0.1, 0.15) is 10.8 Å². The lowest BCUT2D eigenvalue weighted by atomic mass is 10.2. The van der Waals surface area contributed by atoms with E-state index in [0.29, 0.717) is 10.6 Å². The number of hydrogen-bond donors (Lipinski definition) is 2. The normalized spacial score (nSPS) is 10.9. The molecule has 0 bridgehead atoms. The third-order valence-corrected chi connectivity index (χ3v) is 6.03. The van der Waals surface area contributed by atoms with Crippen molar-refractivity contribution in [2.75, 3.05) is 5.32 Å². The Hall–Kier alpha value is -2.70. The first-order chi connectivity index (χ1) is 12.1. The number of fused-ring (bicyclic) bond motifs is 1. The minimum Gasteiger partial charge on any atom is -0.506 e. The van der Waals surface area contributed by atoms with E-state index < -0.39 is 0 Å². The molecule has 4 nitrogen and oxygen atoms in total. The molecule has 0 fully saturated rings. The Morgan fingerprint density at radius 2 is 1.92 bits per heavy atom. The number of carbonyl (C=O) groups excluding carboxylic acids is 1. The molecule has 2 aromatic heterocycles. The van der Waals surface area contributed by atoms with Crippen molar-refractivity contribution in [1.82, 2.24) is 4.98 Å². The molecule has 0 saturated heterocycles. The number of nitrogens with zero attached hydrogens (tertiary/aromatic N) is 1. The first-order valence-electron chi connectivity index (χ1n) is 7.67. The van der Waals surface area contributed by atoms with Crippen LogP contribution in [0.4, 0.5) is 5.69 Å². The predicted molar refractivity (Wildman–Crippen MR) is 104 cm³/mol. The van der Waals surface area contributed by atoms with Gasteiger partial charge in [0.25, 0.3) is 5.91 Å². The first kappa shape index (κ1) is 15.8. The second kappa shape index (κ2) is 6.31. The van der Waals surface area contributed by atoms with Crippen molar-refractivity contribution < 1.29 is 9.90 Å². The van der Waals surface area contributed by atoms with Gasteiger partial charge in [-0.15, -0.1) is 22.7 Å². The number of benzene rings is 2. The van der Waals surface area contributed by atoms with Crippen LogP contribution < -0.4 is 5.32 Å². The monoisotopic (exact) mass is 366 g/mol. The Bertz CT molecular complexity index is 1050. The van der Waals surface area contributed by atoms with Gasteiger partial charge < -0.3 is 10.4 Å². The van der Waals surface area contributed by atoms with Gasteiger partial charge >= 0.3 is 0 Å². The highest BCUT2D eigenvalue weighted by atomic mass is 32.1. The molecule has 2 N–H and O–H groups in total. The number of phenols is 1. The average Bonchev–Trinajstić information content (AvgIpc) is 3.23. The highest BCUT2D eigenvalue weighted by molar-refractivity contribution is 7.26. The molecule has 2 aromatic carbocycles. The molecule has 0 aliphatic heterocycles. The maximum absolute atomic E-state index is 12.4. The van der Waals surface area contributed by atoms with E-state index in [1.54, 1.807) is 29.5 Å². The number of thiazole rings is 1. The zero-order valence-electron chi connectivity index (χ0n) is 13.3. The number of amides is 1. The summed E-state index contributed by atoms with van der Waals surface area (Å²) in [5.74, 6) is -0.173.